The summed E-state index contributed by atoms with van der Waals surface area (Å²) in [5.74, 6) is -2.42. The van der Waals surface area contributed by atoms with Gasteiger partial charge in [0.25, 0.3) is 11.5 Å². The number of fused-ring (bicyclic) bond motifs is 2. The van der Waals surface area contributed by atoms with Gasteiger partial charge < -0.3 is 14.8 Å². The monoisotopic (exact) mass is 971 g/mol. The van der Waals surface area contributed by atoms with Crippen LogP contribution in [0.2, 0.25) is 0 Å². The fraction of sp³-hybridized carbons (Fsp3) is 0.481. The minimum absolute atomic E-state index is 0.0542. The summed E-state index contributed by atoms with van der Waals surface area (Å²) in [7, 11) is 3.73. The van der Waals surface area contributed by atoms with Crippen LogP contribution in [-0.2, 0) is 39.9 Å². The Bertz CT molecular complexity index is 2950. The fourth-order valence-electron chi connectivity index (χ4n) is 11.9. The molecule has 4 saturated heterocycles. The third-order valence-corrected chi connectivity index (χ3v) is 16.1. The number of piperidine rings is 3. The molecule has 17 heteroatoms. The van der Waals surface area contributed by atoms with Crippen LogP contribution >= 0.6 is 0 Å². The largest absolute Gasteiger partial charge is 0.388 e. The zero-order valence-corrected chi connectivity index (χ0v) is 41.3. The molecule has 8 heterocycles. The molecule has 0 bridgehead atoms. The fourth-order valence-corrected chi connectivity index (χ4v) is 11.9. The number of likely N-dealkylation sites (tertiary alicyclic amines) is 2. The third-order valence-electron chi connectivity index (χ3n) is 16.1. The summed E-state index contributed by atoms with van der Waals surface area (Å²) < 4.78 is 35.4. The Hall–Kier alpha value is -6.30. The molecule has 15 nitrogen and oxygen atoms in total. The minimum Gasteiger partial charge on any atom is -0.388 e. The van der Waals surface area contributed by atoms with Crippen LogP contribution in [0.4, 0.5) is 20.2 Å². The van der Waals surface area contributed by atoms with Crippen molar-refractivity contribution in [1.29, 1.82) is 0 Å². The van der Waals surface area contributed by atoms with Gasteiger partial charge in [-0.05, 0) is 125 Å². The van der Waals surface area contributed by atoms with E-state index in [1.807, 2.05) is 49.7 Å². The SMILES string of the molecule is CNc1ccn(-c2ccnc3c2cc(CN2CCC(c4c(F)cc(C(=O)N5CCC(CN6CCN(Cc7ccc8c(c7)C(C)(C)C(=O)N8C7CCC(=O)NC7=O)C[C@@H]6C)CC5)cc4F)CC2)n3C)c(=O)c1. The molecule has 10 rings (SSSR count). The quantitative estimate of drug-likeness (QED) is 0.153. The molecule has 5 aliphatic rings. The molecule has 2 N–H and O–H groups in total. The Balaban J connectivity index is 0.696. The van der Waals surface area contributed by atoms with Gasteiger partial charge in [-0.15, -0.1) is 0 Å². The summed E-state index contributed by atoms with van der Waals surface area (Å²) in [4.78, 5) is 80.1. The summed E-state index contributed by atoms with van der Waals surface area (Å²) in [5.41, 5.74) is 5.19. The summed E-state index contributed by atoms with van der Waals surface area (Å²) in [6.07, 6.45) is 6.77. The molecule has 2 aromatic carbocycles. The predicted molar refractivity (Wildman–Crippen MR) is 268 cm³/mol. The van der Waals surface area contributed by atoms with E-state index >= 15 is 8.78 Å². The Kier molecular flexibility index (Phi) is 13.2. The first-order valence-corrected chi connectivity index (χ1v) is 25.2. The van der Waals surface area contributed by atoms with Crippen LogP contribution in [0.1, 0.15) is 98.0 Å². The second-order valence-corrected chi connectivity index (χ2v) is 21.0. The molecule has 0 spiro atoms. The van der Waals surface area contributed by atoms with Crippen molar-refractivity contribution < 1.29 is 28.0 Å². The Morgan fingerprint density at radius 1 is 0.845 bits per heavy atom. The average molecular weight is 971 g/mol. The van der Waals surface area contributed by atoms with Gasteiger partial charge in [0.15, 0.2) is 0 Å². The number of nitrogens with one attached hydrogen (secondary N) is 2. The molecule has 5 aliphatic heterocycles. The highest BCUT2D eigenvalue weighted by molar-refractivity contribution is 6.13. The van der Waals surface area contributed by atoms with E-state index in [2.05, 4.69) is 49.4 Å². The number of benzene rings is 2. The van der Waals surface area contributed by atoms with Crippen LogP contribution < -0.4 is 21.1 Å². The number of carbonyl (C=O) groups excluding carboxylic acids is 4. The molecule has 2 atom stereocenters. The number of hydrogen-bond donors (Lipinski definition) is 2. The molecule has 1 unspecified atom stereocenters. The van der Waals surface area contributed by atoms with E-state index in [-0.39, 0.29) is 46.7 Å². The van der Waals surface area contributed by atoms with Crippen molar-refractivity contribution in [3.05, 3.63) is 117 Å². The lowest BCUT2D eigenvalue weighted by Gasteiger charge is -2.42. The first-order valence-electron chi connectivity index (χ1n) is 25.2. The number of piperazine rings is 1. The second kappa shape index (κ2) is 19.4. The molecule has 71 heavy (non-hydrogen) atoms. The second-order valence-electron chi connectivity index (χ2n) is 21.0. The van der Waals surface area contributed by atoms with Gasteiger partial charge in [0, 0.05) is 131 Å². The number of amides is 4. The lowest BCUT2D eigenvalue weighted by atomic mass is 9.85. The maximum atomic E-state index is 15.9. The molecular weight excluding hydrogens is 907 g/mol. The highest BCUT2D eigenvalue weighted by atomic mass is 19.1. The number of rotatable bonds is 11. The number of aromatic nitrogens is 3. The number of halogens is 2. The van der Waals surface area contributed by atoms with Gasteiger partial charge >= 0.3 is 0 Å². The van der Waals surface area contributed by atoms with Gasteiger partial charge in [-0.25, -0.2) is 13.8 Å². The number of anilines is 2. The van der Waals surface area contributed by atoms with Gasteiger partial charge in [-0.2, -0.15) is 0 Å². The van der Waals surface area contributed by atoms with Crippen molar-refractivity contribution in [3.8, 4) is 5.69 Å². The Labute approximate surface area is 412 Å². The van der Waals surface area contributed by atoms with Crippen LogP contribution in [-0.4, -0.2) is 129 Å². The molecule has 0 saturated carbocycles. The van der Waals surface area contributed by atoms with Crippen LogP contribution in [0.15, 0.2) is 71.8 Å². The number of hydrogen-bond acceptors (Lipinski definition) is 10. The van der Waals surface area contributed by atoms with E-state index in [0.29, 0.717) is 63.9 Å². The first-order chi connectivity index (χ1) is 34.1. The van der Waals surface area contributed by atoms with Crippen molar-refractivity contribution in [2.75, 3.05) is 69.6 Å². The molecule has 5 aromatic rings. The standard InChI is InChI=1S/C54H64F2N10O5/c1-33-29-62(30-35-6-7-45-41(24-35)54(2,3)53(71)66(45)46-8-9-47(67)59-51(46)69)22-23-64(33)31-34-11-19-63(20-12-34)52(70)37-25-42(55)49(43(56)26-37)36-13-17-61(18-14-36)32-39-28-40-44(10-16-58-50(40)60(39)5)65-21-15-38(57-4)27-48(65)68/h6-7,10,15-16,21,24-28,33-34,36,46,57H,8-9,11-14,17-20,22-23,29-32H2,1-5H3,(H,59,67,69)/t33-,46?/m0/s1. The number of carbonyl (C=O) groups is 4. The number of aryl methyl sites for hydroxylation is 1. The highest BCUT2D eigenvalue weighted by Gasteiger charge is 2.49. The molecule has 4 fully saturated rings. The lowest BCUT2D eigenvalue weighted by Crippen LogP contribution is -2.55. The van der Waals surface area contributed by atoms with Crippen molar-refractivity contribution >= 4 is 46.0 Å². The lowest BCUT2D eigenvalue weighted by molar-refractivity contribution is -0.136. The molecule has 374 valence electrons. The van der Waals surface area contributed by atoms with Gasteiger partial charge in [0.1, 0.15) is 23.3 Å². The first kappa shape index (κ1) is 48.3. The van der Waals surface area contributed by atoms with Gasteiger partial charge in [0.05, 0.1) is 11.1 Å². The third kappa shape index (κ3) is 9.27. The molecule has 0 radical (unpaired) electrons. The summed E-state index contributed by atoms with van der Waals surface area (Å²) in [6.45, 7) is 13.4. The normalized spacial score (nSPS) is 21.8. The molecule has 0 aliphatic carbocycles. The van der Waals surface area contributed by atoms with E-state index < -0.39 is 29.0 Å². The van der Waals surface area contributed by atoms with Crippen LogP contribution in [0.25, 0.3) is 16.7 Å². The summed E-state index contributed by atoms with van der Waals surface area (Å²) in [5, 5.41) is 6.26. The minimum atomic E-state index is -0.796. The van der Waals surface area contributed by atoms with Crippen molar-refractivity contribution in [2.24, 2.45) is 13.0 Å². The number of nitrogens with zero attached hydrogens (tertiary/aromatic N) is 8. The number of pyridine rings is 2. The van der Waals surface area contributed by atoms with E-state index in [0.717, 1.165) is 90.5 Å². The van der Waals surface area contributed by atoms with Gasteiger partial charge in [0.2, 0.25) is 17.7 Å². The maximum Gasteiger partial charge on any atom is 0.257 e. The van der Waals surface area contributed by atoms with E-state index in [1.165, 1.54) is 12.1 Å². The topological polar surface area (TPSA) is 148 Å². The zero-order chi connectivity index (χ0) is 49.9. The van der Waals surface area contributed by atoms with Gasteiger partial charge in [-0.3, -0.25) is 53.5 Å². The summed E-state index contributed by atoms with van der Waals surface area (Å²) >= 11 is 0. The highest BCUT2D eigenvalue weighted by Crippen LogP contribution is 2.44. The van der Waals surface area contributed by atoms with Crippen LogP contribution in [0.3, 0.4) is 0 Å². The molecule has 4 amide bonds. The Morgan fingerprint density at radius 3 is 2.28 bits per heavy atom. The van der Waals surface area contributed by atoms with Crippen molar-refractivity contribution in [2.45, 2.75) is 95.8 Å². The summed E-state index contributed by atoms with van der Waals surface area (Å²) in [6, 6.07) is 15.5. The maximum absolute atomic E-state index is 15.9. The molecular formula is C54H64F2N10O5. The molecule has 3 aromatic heterocycles. The zero-order valence-electron chi connectivity index (χ0n) is 41.3. The average Bonchev–Trinajstić information content (AvgIpc) is 3.77. The number of imide groups is 1. The van der Waals surface area contributed by atoms with Crippen LogP contribution in [0.5, 0.6) is 0 Å². The Morgan fingerprint density at radius 2 is 1.59 bits per heavy atom. The van der Waals surface area contributed by atoms with Gasteiger partial charge in [-0.1, -0.05) is 12.1 Å². The predicted octanol–water partition coefficient (Wildman–Crippen LogP) is 5.91. The van der Waals surface area contributed by atoms with E-state index in [4.69, 9.17) is 0 Å². The van der Waals surface area contributed by atoms with E-state index in [1.54, 1.807) is 39.9 Å². The smallest absolute Gasteiger partial charge is 0.257 e. The van der Waals surface area contributed by atoms with Crippen molar-refractivity contribution in [1.82, 2.24) is 39.0 Å². The van der Waals surface area contributed by atoms with E-state index in [9.17, 15) is 24.0 Å². The van der Waals surface area contributed by atoms with Crippen LogP contribution in [0, 0.1) is 17.6 Å². The van der Waals surface area contributed by atoms with Crippen molar-refractivity contribution in [3.63, 3.8) is 0 Å².